The second kappa shape index (κ2) is 11.9. The number of imide groups is 1. The molecular formula is C31H36FN3O4. The van der Waals surface area contributed by atoms with E-state index in [1.165, 1.54) is 15.9 Å². The predicted octanol–water partition coefficient (Wildman–Crippen LogP) is 4.02. The van der Waals surface area contributed by atoms with Crippen LogP contribution in [0.25, 0.3) is 0 Å². The van der Waals surface area contributed by atoms with Crippen molar-refractivity contribution in [2.45, 2.75) is 64.6 Å². The molecule has 2 aromatic carbocycles. The number of likely N-dealkylation sites (tertiary alicyclic amines) is 1. The molecule has 0 bridgehead atoms. The third kappa shape index (κ3) is 6.80. The molecule has 1 heterocycles. The maximum atomic E-state index is 14.7. The molecule has 0 radical (unpaired) electrons. The van der Waals surface area contributed by atoms with Crippen molar-refractivity contribution >= 4 is 23.6 Å². The molecule has 2 aromatic rings. The van der Waals surface area contributed by atoms with Gasteiger partial charge in [0.15, 0.2) is 0 Å². The van der Waals surface area contributed by atoms with E-state index in [0.717, 1.165) is 5.56 Å². The van der Waals surface area contributed by atoms with Gasteiger partial charge in [-0.2, -0.15) is 0 Å². The van der Waals surface area contributed by atoms with Crippen LogP contribution in [0, 0.1) is 17.7 Å². The average Bonchev–Trinajstić information content (AvgIpc) is 3.14. The van der Waals surface area contributed by atoms with Gasteiger partial charge in [0.25, 0.3) is 0 Å². The summed E-state index contributed by atoms with van der Waals surface area (Å²) in [6.45, 7) is 5.36. The lowest BCUT2D eigenvalue weighted by molar-refractivity contribution is -0.144. The Labute approximate surface area is 229 Å². The number of allylic oxidation sites excluding steroid dienone is 2. The van der Waals surface area contributed by atoms with Crippen LogP contribution in [0.3, 0.4) is 0 Å². The molecular weight excluding hydrogens is 497 g/mol. The molecule has 1 aliphatic heterocycles. The van der Waals surface area contributed by atoms with Crippen molar-refractivity contribution in [3.63, 3.8) is 0 Å². The van der Waals surface area contributed by atoms with Gasteiger partial charge in [-0.15, -0.1) is 0 Å². The topological polar surface area (TPSA) is 86.8 Å². The third-order valence-corrected chi connectivity index (χ3v) is 7.22. The van der Waals surface area contributed by atoms with E-state index in [-0.39, 0.29) is 61.1 Å². The number of carbonyl (C=O) groups excluding carboxylic acids is 4. The lowest BCUT2D eigenvalue weighted by atomic mass is 9.85. The van der Waals surface area contributed by atoms with Gasteiger partial charge in [0.2, 0.25) is 23.6 Å². The molecule has 39 heavy (non-hydrogen) atoms. The molecule has 7 nitrogen and oxygen atoms in total. The molecule has 206 valence electrons. The molecule has 0 unspecified atom stereocenters. The molecule has 1 saturated heterocycles. The summed E-state index contributed by atoms with van der Waals surface area (Å²) < 4.78 is 14.7. The van der Waals surface area contributed by atoms with Crippen LogP contribution in [0.4, 0.5) is 4.39 Å². The van der Waals surface area contributed by atoms with E-state index in [9.17, 15) is 23.6 Å². The largest absolute Gasteiger partial charge is 0.350 e. The first-order valence-corrected chi connectivity index (χ1v) is 13.4. The number of nitrogens with one attached hydrogen (secondary N) is 1. The number of rotatable bonds is 9. The van der Waals surface area contributed by atoms with Crippen molar-refractivity contribution in [1.82, 2.24) is 15.1 Å². The zero-order valence-corrected chi connectivity index (χ0v) is 22.7. The summed E-state index contributed by atoms with van der Waals surface area (Å²) in [5, 5.41) is 2.97. The Balaban J connectivity index is 1.61. The summed E-state index contributed by atoms with van der Waals surface area (Å²) in [7, 11) is 0. The lowest BCUT2D eigenvalue weighted by Gasteiger charge is -2.34. The number of hydrogen-bond acceptors (Lipinski definition) is 4. The van der Waals surface area contributed by atoms with Gasteiger partial charge in [0.05, 0.1) is 11.8 Å². The molecule has 4 rings (SSSR count). The van der Waals surface area contributed by atoms with Crippen LogP contribution < -0.4 is 5.32 Å². The van der Waals surface area contributed by atoms with E-state index in [1.54, 1.807) is 18.2 Å². The fraction of sp³-hybridized carbons (Fsp3) is 0.419. The SMILES string of the molecule is CC(C)(C)NC(=O)[C@H](Cc1ccccc1)N(Cc1ccccc1F)C(=O)CCN1C(=O)[C@H]2CC=CC[C@H]2C1=O. The Morgan fingerprint density at radius 1 is 0.974 bits per heavy atom. The Morgan fingerprint density at radius 3 is 2.15 bits per heavy atom. The van der Waals surface area contributed by atoms with E-state index < -0.39 is 23.3 Å². The van der Waals surface area contributed by atoms with Crippen LogP contribution in [-0.4, -0.2) is 51.6 Å². The maximum Gasteiger partial charge on any atom is 0.243 e. The highest BCUT2D eigenvalue weighted by Crippen LogP contribution is 2.35. The van der Waals surface area contributed by atoms with Crippen molar-refractivity contribution in [3.8, 4) is 0 Å². The van der Waals surface area contributed by atoms with Crippen LogP contribution in [-0.2, 0) is 32.1 Å². The van der Waals surface area contributed by atoms with Crippen molar-refractivity contribution < 1.29 is 23.6 Å². The highest BCUT2D eigenvalue weighted by molar-refractivity contribution is 6.05. The van der Waals surface area contributed by atoms with Crippen LogP contribution in [0.1, 0.15) is 51.2 Å². The molecule has 0 spiro atoms. The normalized spacial score (nSPS) is 19.5. The van der Waals surface area contributed by atoms with E-state index in [1.807, 2.05) is 63.3 Å². The van der Waals surface area contributed by atoms with Gasteiger partial charge < -0.3 is 10.2 Å². The Bertz CT molecular complexity index is 1230. The molecule has 1 aliphatic carbocycles. The second-order valence-electron chi connectivity index (χ2n) is 11.3. The highest BCUT2D eigenvalue weighted by Gasteiger charge is 2.47. The Morgan fingerprint density at radius 2 is 1.56 bits per heavy atom. The second-order valence-corrected chi connectivity index (χ2v) is 11.3. The fourth-order valence-electron chi connectivity index (χ4n) is 5.26. The van der Waals surface area contributed by atoms with Crippen molar-refractivity contribution in [2.75, 3.05) is 6.54 Å². The molecule has 0 saturated carbocycles. The highest BCUT2D eigenvalue weighted by atomic mass is 19.1. The van der Waals surface area contributed by atoms with E-state index in [4.69, 9.17) is 0 Å². The van der Waals surface area contributed by atoms with Gasteiger partial charge in [-0.05, 0) is 45.2 Å². The third-order valence-electron chi connectivity index (χ3n) is 7.22. The number of fused-ring (bicyclic) bond motifs is 1. The van der Waals surface area contributed by atoms with Gasteiger partial charge in [0, 0.05) is 37.0 Å². The summed E-state index contributed by atoms with van der Waals surface area (Å²) in [5.41, 5.74) is 0.564. The standard InChI is InChI=1S/C31H36FN3O4/c1-31(2,3)33-28(37)26(19-21-11-5-4-6-12-21)35(20-22-13-7-10-16-25(22)32)27(36)17-18-34-29(38)23-14-8-9-15-24(23)30(34)39/h4-13,16,23-24,26H,14-15,17-20H2,1-3H3,(H,33,37)/t23-,24+,26-/m0/s1. The zero-order chi connectivity index (χ0) is 28.2. The van der Waals surface area contributed by atoms with Gasteiger partial charge in [-0.1, -0.05) is 60.7 Å². The molecule has 2 aliphatic rings. The van der Waals surface area contributed by atoms with Crippen LogP contribution in [0.2, 0.25) is 0 Å². The average molecular weight is 534 g/mol. The van der Waals surface area contributed by atoms with Gasteiger partial charge in [-0.3, -0.25) is 24.1 Å². The number of hydrogen-bond donors (Lipinski definition) is 1. The molecule has 0 aromatic heterocycles. The minimum Gasteiger partial charge on any atom is -0.350 e. The zero-order valence-electron chi connectivity index (χ0n) is 22.7. The minimum absolute atomic E-state index is 0.0732. The number of carbonyl (C=O) groups is 4. The summed E-state index contributed by atoms with van der Waals surface area (Å²) in [5.74, 6) is -2.54. The molecule has 1 fully saturated rings. The first kappa shape index (κ1) is 28.2. The smallest absolute Gasteiger partial charge is 0.243 e. The summed E-state index contributed by atoms with van der Waals surface area (Å²) >= 11 is 0. The van der Waals surface area contributed by atoms with Crippen LogP contribution in [0.15, 0.2) is 66.7 Å². The van der Waals surface area contributed by atoms with Crippen molar-refractivity contribution in [3.05, 3.63) is 83.7 Å². The van der Waals surface area contributed by atoms with E-state index in [0.29, 0.717) is 12.8 Å². The first-order valence-electron chi connectivity index (χ1n) is 13.4. The number of benzene rings is 2. The summed E-state index contributed by atoms with van der Waals surface area (Å²) in [6.07, 6.45) is 4.93. The number of nitrogens with zero attached hydrogens (tertiary/aromatic N) is 2. The fourth-order valence-corrected chi connectivity index (χ4v) is 5.26. The number of amides is 4. The molecule has 4 amide bonds. The van der Waals surface area contributed by atoms with Crippen molar-refractivity contribution in [2.24, 2.45) is 11.8 Å². The van der Waals surface area contributed by atoms with E-state index in [2.05, 4.69) is 5.32 Å². The molecule has 1 N–H and O–H groups in total. The quantitative estimate of drug-likeness (QED) is 0.390. The maximum absolute atomic E-state index is 14.7. The van der Waals surface area contributed by atoms with Crippen molar-refractivity contribution in [1.29, 1.82) is 0 Å². The van der Waals surface area contributed by atoms with Gasteiger partial charge >= 0.3 is 0 Å². The van der Waals surface area contributed by atoms with E-state index >= 15 is 0 Å². The monoisotopic (exact) mass is 533 g/mol. The Kier molecular flexibility index (Phi) is 8.63. The predicted molar refractivity (Wildman–Crippen MR) is 145 cm³/mol. The minimum atomic E-state index is -0.935. The summed E-state index contributed by atoms with van der Waals surface area (Å²) in [6, 6.07) is 14.5. The number of halogens is 1. The van der Waals surface area contributed by atoms with Crippen LogP contribution >= 0.6 is 0 Å². The van der Waals surface area contributed by atoms with Gasteiger partial charge in [-0.25, -0.2) is 4.39 Å². The van der Waals surface area contributed by atoms with Crippen LogP contribution in [0.5, 0.6) is 0 Å². The van der Waals surface area contributed by atoms with Gasteiger partial charge in [0.1, 0.15) is 11.9 Å². The lowest BCUT2D eigenvalue weighted by Crippen LogP contribution is -2.54. The molecule has 8 heteroatoms. The Hall–Kier alpha value is -3.81. The molecule has 3 atom stereocenters. The summed E-state index contributed by atoms with van der Waals surface area (Å²) in [4.78, 5) is 55.8. The first-order chi connectivity index (χ1) is 18.5.